The molecular weight excluding hydrogens is 282 g/mol. The highest BCUT2D eigenvalue weighted by atomic mass is 16.2. The van der Waals surface area contributed by atoms with Gasteiger partial charge in [-0.1, -0.05) is 12.1 Å². The third-order valence-electron chi connectivity index (χ3n) is 3.35. The summed E-state index contributed by atoms with van der Waals surface area (Å²) >= 11 is 0. The van der Waals surface area contributed by atoms with E-state index in [-0.39, 0.29) is 18.0 Å². The number of hydrogen-bond donors (Lipinski definition) is 1. The first-order valence-electron chi connectivity index (χ1n) is 6.76. The number of aromatic amines is 1. The summed E-state index contributed by atoms with van der Waals surface area (Å²) in [4.78, 5) is 32.9. The van der Waals surface area contributed by atoms with E-state index in [0.717, 1.165) is 0 Å². The first-order chi connectivity index (χ1) is 10.5. The summed E-state index contributed by atoms with van der Waals surface area (Å²) in [6, 6.07) is 7.10. The Balaban J connectivity index is 1.86. The molecule has 0 aliphatic carbocycles. The first kappa shape index (κ1) is 14.0. The molecule has 0 saturated carbocycles. The number of amides is 1. The molecule has 1 N–H and O–H groups in total. The fourth-order valence-corrected chi connectivity index (χ4v) is 2.26. The molecule has 0 bridgehead atoms. The summed E-state index contributed by atoms with van der Waals surface area (Å²) in [5.74, 6) is 0.271. The Morgan fingerprint density at radius 2 is 2.14 bits per heavy atom. The number of aryl methyl sites for hydroxylation is 1. The number of carbonyl (C=O) groups is 1. The second-order valence-corrected chi connectivity index (χ2v) is 5.09. The lowest BCUT2D eigenvalue weighted by Gasteiger charge is -2.15. The number of benzene rings is 1. The van der Waals surface area contributed by atoms with E-state index in [2.05, 4.69) is 15.1 Å². The Bertz CT molecular complexity index is 896. The van der Waals surface area contributed by atoms with Crippen LogP contribution in [0.2, 0.25) is 0 Å². The maximum absolute atomic E-state index is 12.3. The van der Waals surface area contributed by atoms with Gasteiger partial charge in [0.25, 0.3) is 11.5 Å². The Hall–Kier alpha value is -2.96. The zero-order valence-corrected chi connectivity index (χ0v) is 12.3. The van der Waals surface area contributed by atoms with Crippen LogP contribution in [0.3, 0.4) is 0 Å². The van der Waals surface area contributed by atoms with Crippen LogP contribution in [0.1, 0.15) is 16.2 Å². The van der Waals surface area contributed by atoms with Crippen LogP contribution in [0.4, 0.5) is 0 Å². The van der Waals surface area contributed by atoms with Gasteiger partial charge in [0.2, 0.25) is 0 Å². The topological polar surface area (TPSA) is 83.9 Å². The average molecular weight is 297 g/mol. The second kappa shape index (κ2) is 5.44. The molecule has 3 rings (SSSR count). The number of hydrogen-bond acceptors (Lipinski definition) is 4. The van der Waals surface area contributed by atoms with Crippen LogP contribution in [0.15, 0.2) is 41.5 Å². The van der Waals surface area contributed by atoms with Crippen LogP contribution in [-0.4, -0.2) is 37.6 Å². The Kier molecular flexibility index (Phi) is 3.46. The van der Waals surface area contributed by atoms with E-state index in [1.807, 2.05) is 6.07 Å². The number of nitrogens with one attached hydrogen (secondary N) is 1. The summed E-state index contributed by atoms with van der Waals surface area (Å²) in [6.45, 7) is 0.216. The van der Waals surface area contributed by atoms with E-state index < -0.39 is 0 Å². The van der Waals surface area contributed by atoms with Gasteiger partial charge in [-0.3, -0.25) is 14.3 Å². The van der Waals surface area contributed by atoms with Gasteiger partial charge in [0.1, 0.15) is 5.82 Å². The number of carbonyl (C=O) groups excluding carboxylic acids is 1. The molecule has 112 valence electrons. The monoisotopic (exact) mass is 297 g/mol. The third-order valence-corrected chi connectivity index (χ3v) is 3.35. The predicted octanol–water partition coefficient (Wildman–Crippen LogP) is 0.929. The van der Waals surface area contributed by atoms with Gasteiger partial charge in [0.15, 0.2) is 0 Å². The smallest absolute Gasteiger partial charge is 0.258 e. The summed E-state index contributed by atoms with van der Waals surface area (Å²) in [5.41, 5.74) is 0.902. The standard InChI is InChI=1S/C15H15N5O2/c1-19(15(22)10-7-16-20(2)8-10)9-13-17-12-6-4-3-5-11(12)14(21)18-13/h3-8H,9H2,1-2H3,(H,17,18,21). The van der Waals surface area contributed by atoms with Gasteiger partial charge in [0, 0.05) is 20.3 Å². The van der Waals surface area contributed by atoms with Crippen LogP contribution in [-0.2, 0) is 13.6 Å². The van der Waals surface area contributed by atoms with Crippen molar-refractivity contribution in [1.82, 2.24) is 24.6 Å². The molecule has 0 unspecified atom stereocenters. The molecule has 7 nitrogen and oxygen atoms in total. The van der Waals surface area contributed by atoms with E-state index in [1.54, 1.807) is 43.2 Å². The molecule has 22 heavy (non-hydrogen) atoms. The van der Waals surface area contributed by atoms with Crippen molar-refractivity contribution in [3.05, 3.63) is 58.4 Å². The lowest BCUT2D eigenvalue weighted by Crippen LogP contribution is -2.28. The SMILES string of the molecule is CN(Cc1nc2ccccc2c(=O)[nH]1)C(=O)c1cnn(C)c1. The van der Waals surface area contributed by atoms with Gasteiger partial charge in [-0.15, -0.1) is 0 Å². The lowest BCUT2D eigenvalue weighted by atomic mass is 10.2. The minimum absolute atomic E-state index is 0.177. The second-order valence-electron chi connectivity index (χ2n) is 5.09. The number of aromatic nitrogens is 4. The molecule has 0 atom stereocenters. The number of H-pyrrole nitrogens is 1. The summed E-state index contributed by atoms with van der Waals surface area (Å²) in [5, 5.41) is 4.51. The van der Waals surface area contributed by atoms with Crippen molar-refractivity contribution in [3.8, 4) is 0 Å². The maximum Gasteiger partial charge on any atom is 0.258 e. The van der Waals surface area contributed by atoms with Crippen molar-refractivity contribution >= 4 is 16.8 Å². The van der Waals surface area contributed by atoms with Gasteiger partial charge >= 0.3 is 0 Å². The molecular formula is C15H15N5O2. The molecule has 1 amide bonds. The van der Waals surface area contributed by atoms with Crippen molar-refractivity contribution in [3.63, 3.8) is 0 Å². The molecule has 0 saturated heterocycles. The number of nitrogens with zero attached hydrogens (tertiary/aromatic N) is 4. The Morgan fingerprint density at radius 3 is 2.86 bits per heavy atom. The molecule has 0 spiro atoms. The van der Waals surface area contributed by atoms with Gasteiger partial charge in [-0.2, -0.15) is 5.10 Å². The van der Waals surface area contributed by atoms with Gasteiger partial charge in [-0.25, -0.2) is 4.98 Å². The molecule has 2 heterocycles. The first-order valence-corrected chi connectivity index (χ1v) is 6.76. The highest BCUT2D eigenvalue weighted by molar-refractivity contribution is 5.93. The fourth-order valence-electron chi connectivity index (χ4n) is 2.26. The van der Waals surface area contributed by atoms with E-state index in [0.29, 0.717) is 22.3 Å². The number of fused-ring (bicyclic) bond motifs is 1. The van der Waals surface area contributed by atoms with Crippen molar-refractivity contribution in [1.29, 1.82) is 0 Å². The molecule has 7 heteroatoms. The molecule has 0 radical (unpaired) electrons. The zero-order valence-electron chi connectivity index (χ0n) is 12.3. The fraction of sp³-hybridized carbons (Fsp3) is 0.200. The van der Waals surface area contributed by atoms with Gasteiger partial charge < -0.3 is 9.88 Å². The third kappa shape index (κ3) is 2.60. The normalized spacial score (nSPS) is 10.8. The molecule has 1 aromatic carbocycles. The highest BCUT2D eigenvalue weighted by Crippen LogP contribution is 2.08. The van der Waals surface area contributed by atoms with Crippen LogP contribution < -0.4 is 5.56 Å². The maximum atomic E-state index is 12.3. The van der Waals surface area contributed by atoms with Crippen molar-refractivity contribution in [2.24, 2.45) is 7.05 Å². The van der Waals surface area contributed by atoms with Crippen LogP contribution in [0.25, 0.3) is 10.9 Å². The minimum Gasteiger partial charge on any atom is -0.334 e. The predicted molar refractivity (Wildman–Crippen MR) is 81.4 cm³/mol. The quantitative estimate of drug-likeness (QED) is 0.779. The number of para-hydroxylation sites is 1. The number of rotatable bonds is 3. The van der Waals surface area contributed by atoms with Gasteiger partial charge in [-0.05, 0) is 12.1 Å². The van der Waals surface area contributed by atoms with E-state index in [4.69, 9.17) is 0 Å². The molecule has 3 aromatic rings. The van der Waals surface area contributed by atoms with Crippen molar-refractivity contribution < 1.29 is 4.79 Å². The minimum atomic E-state index is -0.206. The summed E-state index contributed by atoms with van der Waals surface area (Å²) in [6.07, 6.45) is 3.16. The van der Waals surface area contributed by atoms with Crippen LogP contribution in [0, 0.1) is 0 Å². The largest absolute Gasteiger partial charge is 0.334 e. The summed E-state index contributed by atoms with van der Waals surface area (Å²) in [7, 11) is 3.41. The van der Waals surface area contributed by atoms with Gasteiger partial charge in [0.05, 0.1) is 29.2 Å². The Labute approximate surface area is 126 Å². The molecule has 0 fully saturated rings. The van der Waals surface area contributed by atoms with E-state index in [1.165, 1.54) is 11.1 Å². The molecule has 0 aliphatic rings. The van der Waals surface area contributed by atoms with Crippen LogP contribution in [0.5, 0.6) is 0 Å². The van der Waals surface area contributed by atoms with Crippen LogP contribution >= 0.6 is 0 Å². The molecule has 2 aromatic heterocycles. The van der Waals surface area contributed by atoms with Crippen molar-refractivity contribution in [2.75, 3.05) is 7.05 Å². The highest BCUT2D eigenvalue weighted by Gasteiger charge is 2.15. The average Bonchev–Trinajstić information content (AvgIpc) is 2.93. The van der Waals surface area contributed by atoms with E-state index >= 15 is 0 Å². The Morgan fingerprint density at radius 1 is 1.36 bits per heavy atom. The lowest BCUT2D eigenvalue weighted by molar-refractivity contribution is 0.0781. The van der Waals surface area contributed by atoms with E-state index in [9.17, 15) is 9.59 Å². The van der Waals surface area contributed by atoms with Crippen molar-refractivity contribution in [2.45, 2.75) is 6.54 Å². The zero-order chi connectivity index (χ0) is 15.7. The summed E-state index contributed by atoms with van der Waals surface area (Å²) < 4.78 is 1.57. The molecule has 0 aliphatic heterocycles.